The predicted molar refractivity (Wildman–Crippen MR) is 70.3 cm³/mol. The van der Waals surface area contributed by atoms with E-state index in [-0.39, 0.29) is 5.75 Å². The summed E-state index contributed by atoms with van der Waals surface area (Å²) < 4.78 is 18.2. The van der Waals surface area contributed by atoms with E-state index in [1.54, 1.807) is 18.3 Å². The first kappa shape index (κ1) is 13.3. The molecule has 3 N–H and O–H groups in total. The topological polar surface area (TPSA) is 68.4 Å². The van der Waals surface area contributed by atoms with Crippen LogP contribution in [-0.4, -0.2) is 17.2 Å². The van der Waals surface area contributed by atoms with Gasteiger partial charge in [-0.15, -0.1) is 0 Å². The molecule has 0 fully saturated rings. The molecular weight excluding hydrogens is 247 g/mol. The number of hydrogen-bond acceptors (Lipinski definition) is 4. The normalized spacial score (nSPS) is 12.2. The molecule has 0 saturated heterocycles. The zero-order valence-corrected chi connectivity index (χ0v) is 10.5. The summed E-state index contributed by atoms with van der Waals surface area (Å²) in [5.74, 6) is 0.0330. The van der Waals surface area contributed by atoms with Crippen molar-refractivity contribution in [1.82, 2.24) is 4.98 Å². The Kier molecular flexibility index (Phi) is 3.97. The molecule has 0 amide bonds. The lowest BCUT2D eigenvalue weighted by Crippen LogP contribution is -2.06. The van der Waals surface area contributed by atoms with Crippen LogP contribution in [-0.2, 0) is 6.42 Å². The molecule has 0 saturated carbocycles. The van der Waals surface area contributed by atoms with Gasteiger partial charge in [-0.05, 0) is 29.3 Å². The van der Waals surface area contributed by atoms with Gasteiger partial charge >= 0.3 is 0 Å². The van der Waals surface area contributed by atoms with E-state index in [2.05, 4.69) is 4.98 Å². The van der Waals surface area contributed by atoms with Gasteiger partial charge in [0.2, 0.25) is 0 Å². The van der Waals surface area contributed by atoms with Crippen LogP contribution < -0.4 is 10.5 Å². The Bertz CT molecular complexity index is 575. The molecule has 5 heteroatoms. The van der Waals surface area contributed by atoms with Crippen LogP contribution >= 0.6 is 0 Å². The van der Waals surface area contributed by atoms with Gasteiger partial charge in [-0.2, -0.15) is 0 Å². The van der Waals surface area contributed by atoms with Crippen LogP contribution in [0.2, 0.25) is 0 Å². The van der Waals surface area contributed by atoms with Gasteiger partial charge in [0.15, 0.2) is 11.6 Å². The van der Waals surface area contributed by atoms with Crippen LogP contribution in [0.15, 0.2) is 36.5 Å². The van der Waals surface area contributed by atoms with Gasteiger partial charge in [-0.25, -0.2) is 9.37 Å². The molecule has 19 heavy (non-hydrogen) atoms. The van der Waals surface area contributed by atoms with Gasteiger partial charge in [0, 0.05) is 12.6 Å². The summed E-state index contributed by atoms with van der Waals surface area (Å²) in [5, 5.41) is 10.1. The second-order valence-corrected chi connectivity index (χ2v) is 4.16. The Morgan fingerprint density at radius 2 is 2.21 bits per heavy atom. The fourth-order valence-electron chi connectivity index (χ4n) is 1.83. The van der Waals surface area contributed by atoms with Crippen molar-refractivity contribution < 1.29 is 14.2 Å². The SMILES string of the molecule is COc1cc(C(O)Cc2cccnc2N)ccc1F. The quantitative estimate of drug-likeness (QED) is 0.885. The first-order valence-corrected chi connectivity index (χ1v) is 5.82. The van der Waals surface area contributed by atoms with Gasteiger partial charge in [-0.1, -0.05) is 12.1 Å². The van der Waals surface area contributed by atoms with Gasteiger partial charge < -0.3 is 15.6 Å². The third-order valence-corrected chi connectivity index (χ3v) is 2.90. The van der Waals surface area contributed by atoms with Gasteiger partial charge in [0.25, 0.3) is 0 Å². The maximum atomic E-state index is 13.3. The molecule has 1 atom stereocenters. The fourth-order valence-corrected chi connectivity index (χ4v) is 1.83. The maximum absolute atomic E-state index is 13.3. The smallest absolute Gasteiger partial charge is 0.165 e. The van der Waals surface area contributed by atoms with Crippen LogP contribution in [0.4, 0.5) is 10.2 Å². The molecule has 0 aliphatic heterocycles. The molecule has 4 nitrogen and oxygen atoms in total. The molecular formula is C14H15FN2O2. The first-order valence-electron chi connectivity index (χ1n) is 5.82. The standard InChI is InChI=1S/C14H15FN2O2/c1-19-13-8-9(4-5-11(13)15)12(18)7-10-3-2-6-17-14(10)16/h2-6,8,12,18H,7H2,1H3,(H2,16,17). The van der Waals surface area contributed by atoms with Gasteiger partial charge in [0.05, 0.1) is 13.2 Å². The highest BCUT2D eigenvalue weighted by Crippen LogP contribution is 2.25. The number of ether oxygens (including phenoxy) is 1. The van der Waals surface area contributed by atoms with E-state index < -0.39 is 11.9 Å². The minimum atomic E-state index is -0.791. The average molecular weight is 262 g/mol. The largest absolute Gasteiger partial charge is 0.494 e. The number of pyridine rings is 1. The van der Waals surface area contributed by atoms with Crippen LogP contribution in [0, 0.1) is 5.82 Å². The van der Waals surface area contributed by atoms with Gasteiger partial charge in [0.1, 0.15) is 5.82 Å². The summed E-state index contributed by atoms with van der Waals surface area (Å²) in [7, 11) is 1.38. The van der Waals surface area contributed by atoms with Crippen LogP contribution in [0.5, 0.6) is 5.75 Å². The molecule has 1 unspecified atom stereocenters. The highest BCUT2D eigenvalue weighted by molar-refractivity contribution is 5.40. The van der Waals surface area contributed by atoms with Crippen molar-refractivity contribution in [2.75, 3.05) is 12.8 Å². The minimum absolute atomic E-state index is 0.107. The number of aliphatic hydroxyl groups excluding tert-OH is 1. The third-order valence-electron chi connectivity index (χ3n) is 2.90. The summed E-state index contributed by atoms with van der Waals surface area (Å²) in [6.45, 7) is 0. The first-order chi connectivity index (χ1) is 9.11. The van der Waals surface area contributed by atoms with Crippen molar-refractivity contribution in [3.8, 4) is 5.75 Å². The average Bonchev–Trinajstić information content (AvgIpc) is 2.42. The number of nitrogens with zero attached hydrogens (tertiary/aromatic N) is 1. The zero-order valence-electron chi connectivity index (χ0n) is 10.5. The van der Waals surface area contributed by atoms with Crippen LogP contribution in [0.3, 0.4) is 0 Å². The molecule has 1 aromatic heterocycles. The molecule has 0 bridgehead atoms. The minimum Gasteiger partial charge on any atom is -0.494 e. The Hall–Kier alpha value is -2.14. The number of aliphatic hydroxyl groups is 1. The number of benzene rings is 1. The Labute approximate surface area is 110 Å². The van der Waals surface area contributed by atoms with Gasteiger partial charge in [-0.3, -0.25) is 0 Å². The summed E-state index contributed by atoms with van der Waals surface area (Å²) in [5.41, 5.74) is 7.04. The molecule has 0 spiro atoms. The lowest BCUT2D eigenvalue weighted by atomic mass is 10.0. The molecule has 2 rings (SSSR count). The predicted octanol–water partition coefficient (Wildman–Crippen LogP) is 2.09. The molecule has 0 aliphatic rings. The highest BCUT2D eigenvalue weighted by Gasteiger charge is 2.13. The van der Waals surface area contributed by atoms with E-state index in [4.69, 9.17) is 10.5 Å². The van der Waals surface area contributed by atoms with E-state index in [0.717, 1.165) is 5.56 Å². The third kappa shape index (κ3) is 3.00. The van der Waals surface area contributed by atoms with E-state index in [1.165, 1.54) is 25.3 Å². The van der Waals surface area contributed by atoms with Crippen LogP contribution in [0.1, 0.15) is 17.2 Å². The molecule has 0 radical (unpaired) electrons. The molecule has 1 aromatic carbocycles. The maximum Gasteiger partial charge on any atom is 0.165 e. The summed E-state index contributed by atoms with van der Waals surface area (Å²) in [4.78, 5) is 3.96. The van der Waals surface area contributed by atoms with Crippen molar-refractivity contribution >= 4 is 5.82 Å². The lowest BCUT2D eigenvalue weighted by Gasteiger charge is -2.13. The number of aromatic nitrogens is 1. The number of methoxy groups -OCH3 is 1. The second kappa shape index (κ2) is 5.67. The molecule has 0 aliphatic carbocycles. The summed E-state index contributed by atoms with van der Waals surface area (Å²) in [6.07, 6.45) is 1.11. The number of nitrogens with two attached hydrogens (primary N) is 1. The molecule has 100 valence electrons. The fraction of sp³-hybridized carbons (Fsp3) is 0.214. The number of rotatable bonds is 4. The van der Waals surface area contributed by atoms with Crippen molar-refractivity contribution in [2.24, 2.45) is 0 Å². The zero-order chi connectivity index (χ0) is 13.8. The van der Waals surface area contributed by atoms with Crippen molar-refractivity contribution in [2.45, 2.75) is 12.5 Å². The number of anilines is 1. The Morgan fingerprint density at radius 1 is 1.42 bits per heavy atom. The summed E-state index contributed by atoms with van der Waals surface area (Å²) >= 11 is 0. The number of nitrogen functional groups attached to an aromatic ring is 1. The van der Waals surface area contributed by atoms with E-state index >= 15 is 0 Å². The second-order valence-electron chi connectivity index (χ2n) is 4.16. The van der Waals surface area contributed by atoms with E-state index in [1.807, 2.05) is 0 Å². The Balaban J connectivity index is 2.20. The number of halogens is 1. The molecule has 2 aromatic rings. The lowest BCUT2D eigenvalue weighted by molar-refractivity contribution is 0.178. The highest BCUT2D eigenvalue weighted by atomic mass is 19.1. The van der Waals surface area contributed by atoms with Crippen molar-refractivity contribution in [3.05, 3.63) is 53.5 Å². The van der Waals surface area contributed by atoms with E-state index in [9.17, 15) is 9.50 Å². The van der Waals surface area contributed by atoms with Crippen molar-refractivity contribution in [3.63, 3.8) is 0 Å². The number of hydrogen-bond donors (Lipinski definition) is 2. The molecule has 1 heterocycles. The van der Waals surface area contributed by atoms with E-state index in [0.29, 0.717) is 17.8 Å². The van der Waals surface area contributed by atoms with Crippen molar-refractivity contribution in [1.29, 1.82) is 0 Å². The summed E-state index contributed by atoms with van der Waals surface area (Å²) in [6, 6.07) is 7.82. The Morgan fingerprint density at radius 3 is 2.89 bits per heavy atom. The van der Waals surface area contributed by atoms with Crippen LogP contribution in [0.25, 0.3) is 0 Å². The monoisotopic (exact) mass is 262 g/mol.